The molecule has 0 spiro atoms. The zero-order chi connectivity index (χ0) is 11.7. The van der Waals surface area contributed by atoms with E-state index in [2.05, 4.69) is 38.8 Å². The molecule has 0 heterocycles. The zero-order valence-electron chi connectivity index (χ0n) is 9.32. The van der Waals surface area contributed by atoms with Gasteiger partial charge in [-0.3, -0.25) is 0 Å². The molecule has 0 aromatic rings. The summed E-state index contributed by atoms with van der Waals surface area (Å²) in [5.41, 5.74) is 0.702. The number of ether oxygens (including phenoxy) is 1. The Morgan fingerprint density at radius 1 is 1.13 bits per heavy atom. The summed E-state index contributed by atoms with van der Waals surface area (Å²) in [5.74, 6) is -0.224. The van der Waals surface area contributed by atoms with Gasteiger partial charge < -0.3 is 4.74 Å². The van der Waals surface area contributed by atoms with E-state index >= 15 is 0 Å². The van der Waals surface area contributed by atoms with Crippen molar-refractivity contribution in [1.29, 1.82) is 0 Å². The van der Waals surface area contributed by atoms with Crippen molar-refractivity contribution in [2.75, 3.05) is 6.61 Å². The van der Waals surface area contributed by atoms with Crippen LogP contribution >= 0.6 is 31.9 Å². The maximum atomic E-state index is 11.5. The van der Waals surface area contributed by atoms with Gasteiger partial charge in [0.15, 0.2) is 0 Å². The van der Waals surface area contributed by atoms with Crippen LogP contribution in [0.25, 0.3) is 0 Å². The van der Waals surface area contributed by atoms with Crippen LogP contribution in [0.5, 0.6) is 0 Å². The summed E-state index contributed by atoms with van der Waals surface area (Å²) in [6.07, 6.45) is 5.38. The van der Waals surface area contributed by atoms with Crippen molar-refractivity contribution in [3.8, 4) is 0 Å². The fourth-order valence-electron chi connectivity index (χ4n) is 1.22. The van der Waals surface area contributed by atoms with Gasteiger partial charge in [-0.15, -0.1) is 0 Å². The second kappa shape index (κ2) is 9.40. The minimum Gasteiger partial charge on any atom is -0.463 e. The van der Waals surface area contributed by atoms with E-state index in [1.165, 1.54) is 12.8 Å². The molecule has 0 fully saturated rings. The Bertz CT molecular complexity index is 221. The van der Waals surface area contributed by atoms with Gasteiger partial charge in [-0.25, -0.2) is 4.79 Å². The first-order valence-corrected chi connectivity index (χ1v) is 6.93. The van der Waals surface area contributed by atoms with Gasteiger partial charge in [0.1, 0.15) is 0 Å². The molecule has 0 N–H and O–H groups in total. The first-order valence-electron chi connectivity index (χ1n) is 5.34. The van der Waals surface area contributed by atoms with Crippen LogP contribution in [0.15, 0.2) is 8.96 Å². The fourth-order valence-corrected chi connectivity index (χ4v) is 1.94. The average Bonchev–Trinajstić information content (AvgIpc) is 2.17. The van der Waals surface area contributed by atoms with Crippen molar-refractivity contribution in [3.63, 3.8) is 0 Å². The quantitative estimate of drug-likeness (QED) is 0.386. The molecule has 88 valence electrons. The zero-order valence-corrected chi connectivity index (χ0v) is 12.5. The number of carbonyl (C=O) groups excluding carboxylic acids is 1. The molecule has 0 aromatic carbocycles. The second-order valence-electron chi connectivity index (χ2n) is 3.27. The van der Waals surface area contributed by atoms with E-state index in [0.717, 1.165) is 19.3 Å². The van der Waals surface area contributed by atoms with Gasteiger partial charge in [-0.05, 0) is 51.6 Å². The van der Waals surface area contributed by atoms with E-state index in [1.54, 1.807) is 0 Å². The molecule has 0 saturated carbocycles. The van der Waals surface area contributed by atoms with Crippen molar-refractivity contribution in [1.82, 2.24) is 0 Å². The lowest BCUT2D eigenvalue weighted by atomic mass is 10.1. The van der Waals surface area contributed by atoms with Crippen molar-refractivity contribution < 1.29 is 9.53 Å². The Morgan fingerprint density at radius 3 is 2.27 bits per heavy atom. The third-order valence-corrected chi connectivity index (χ3v) is 2.99. The minimum absolute atomic E-state index is 0.224. The lowest BCUT2D eigenvalue weighted by Gasteiger charge is -2.07. The average molecular weight is 342 g/mol. The number of esters is 1. The SMILES string of the molecule is CCCCCCC(C(=O)OCC)=C(Br)Br. The molecule has 0 aromatic heterocycles. The van der Waals surface area contributed by atoms with Gasteiger partial charge in [-0.1, -0.05) is 26.2 Å². The molecule has 0 radical (unpaired) electrons. The first kappa shape index (κ1) is 15.2. The Balaban J connectivity index is 4.08. The topological polar surface area (TPSA) is 26.3 Å². The maximum Gasteiger partial charge on any atom is 0.335 e. The Morgan fingerprint density at radius 2 is 1.80 bits per heavy atom. The van der Waals surface area contributed by atoms with Gasteiger partial charge in [-0.2, -0.15) is 0 Å². The Labute approximate surface area is 109 Å². The third-order valence-electron chi connectivity index (χ3n) is 2.03. The van der Waals surface area contributed by atoms with Crippen LogP contribution in [0.2, 0.25) is 0 Å². The summed E-state index contributed by atoms with van der Waals surface area (Å²) in [6, 6.07) is 0. The van der Waals surface area contributed by atoms with E-state index in [1.807, 2.05) is 6.92 Å². The number of hydrogen-bond acceptors (Lipinski definition) is 2. The molecule has 0 aliphatic heterocycles. The fraction of sp³-hybridized carbons (Fsp3) is 0.727. The smallest absolute Gasteiger partial charge is 0.335 e. The van der Waals surface area contributed by atoms with Gasteiger partial charge in [0.05, 0.1) is 15.6 Å². The molecule has 0 bridgehead atoms. The highest BCUT2D eigenvalue weighted by Gasteiger charge is 2.13. The molecule has 0 atom stereocenters. The largest absolute Gasteiger partial charge is 0.463 e. The molecule has 15 heavy (non-hydrogen) atoms. The van der Waals surface area contributed by atoms with Crippen LogP contribution in [0.4, 0.5) is 0 Å². The Hall–Kier alpha value is 0.170. The van der Waals surface area contributed by atoms with Crippen LogP contribution in [0, 0.1) is 0 Å². The van der Waals surface area contributed by atoms with Crippen LogP contribution < -0.4 is 0 Å². The van der Waals surface area contributed by atoms with E-state index in [-0.39, 0.29) is 5.97 Å². The van der Waals surface area contributed by atoms with E-state index in [9.17, 15) is 4.79 Å². The molecule has 0 saturated heterocycles. The van der Waals surface area contributed by atoms with Gasteiger partial charge in [0, 0.05) is 0 Å². The summed E-state index contributed by atoms with van der Waals surface area (Å²) in [7, 11) is 0. The minimum atomic E-state index is -0.224. The summed E-state index contributed by atoms with van der Waals surface area (Å²) < 4.78 is 5.68. The molecule has 0 rings (SSSR count). The molecular weight excluding hydrogens is 324 g/mol. The first-order chi connectivity index (χ1) is 7.13. The molecule has 2 nitrogen and oxygen atoms in total. The number of halogens is 2. The number of hydrogen-bond donors (Lipinski definition) is 0. The predicted octanol–water partition coefficient (Wildman–Crippen LogP) is 4.52. The second-order valence-corrected chi connectivity index (χ2v) is 5.92. The highest BCUT2D eigenvalue weighted by molar-refractivity contribution is 9.28. The van der Waals surface area contributed by atoms with Crippen molar-refractivity contribution in [3.05, 3.63) is 8.96 Å². The van der Waals surface area contributed by atoms with Crippen LogP contribution in [0.3, 0.4) is 0 Å². The van der Waals surface area contributed by atoms with Gasteiger partial charge >= 0.3 is 5.97 Å². The molecule has 0 unspecified atom stereocenters. The summed E-state index contributed by atoms with van der Waals surface area (Å²) in [6.45, 7) is 4.40. The highest BCUT2D eigenvalue weighted by Crippen LogP contribution is 2.24. The van der Waals surface area contributed by atoms with Gasteiger partial charge in [0.25, 0.3) is 0 Å². The van der Waals surface area contributed by atoms with Crippen molar-refractivity contribution in [2.24, 2.45) is 0 Å². The predicted molar refractivity (Wildman–Crippen MR) is 70.3 cm³/mol. The molecule has 0 amide bonds. The van der Waals surface area contributed by atoms with E-state index in [0.29, 0.717) is 15.6 Å². The monoisotopic (exact) mass is 340 g/mol. The van der Waals surface area contributed by atoms with Gasteiger partial charge in [0.2, 0.25) is 0 Å². The van der Waals surface area contributed by atoms with Crippen LogP contribution in [-0.2, 0) is 9.53 Å². The van der Waals surface area contributed by atoms with Crippen molar-refractivity contribution in [2.45, 2.75) is 46.0 Å². The molecular formula is C11H18Br2O2. The van der Waals surface area contributed by atoms with E-state index in [4.69, 9.17) is 4.74 Å². The Kier molecular flexibility index (Phi) is 9.51. The van der Waals surface area contributed by atoms with Crippen molar-refractivity contribution >= 4 is 37.8 Å². The summed E-state index contributed by atoms with van der Waals surface area (Å²) >= 11 is 6.55. The normalized spacial score (nSPS) is 9.87. The third kappa shape index (κ3) is 7.12. The highest BCUT2D eigenvalue weighted by atomic mass is 79.9. The molecule has 4 heteroatoms. The lowest BCUT2D eigenvalue weighted by molar-refractivity contribution is -0.138. The summed E-state index contributed by atoms with van der Waals surface area (Å²) in [5, 5.41) is 0. The van der Waals surface area contributed by atoms with Crippen LogP contribution in [-0.4, -0.2) is 12.6 Å². The maximum absolute atomic E-state index is 11.5. The molecule has 0 aliphatic carbocycles. The number of rotatable bonds is 7. The number of carbonyl (C=O) groups is 1. The molecule has 0 aliphatic rings. The summed E-state index contributed by atoms with van der Waals surface area (Å²) in [4.78, 5) is 11.5. The standard InChI is InChI=1S/C11H18Br2O2/c1-3-5-6-7-8-9(10(12)13)11(14)15-4-2/h3-8H2,1-2H3. The van der Waals surface area contributed by atoms with E-state index < -0.39 is 0 Å². The lowest BCUT2D eigenvalue weighted by Crippen LogP contribution is -2.08. The van der Waals surface area contributed by atoms with Crippen LogP contribution in [0.1, 0.15) is 46.0 Å². The number of unbranched alkanes of at least 4 members (excludes halogenated alkanes) is 3.